The number of nitrogens with zero attached hydrogens (tertiary/aromatic N) is 1. The molecule has 0 rings (SSSR count). The maximum atomic E-state index is 12.6. The molecule has 0 saturated heterocycles. The number of ether oxygens (including phenoxy) is 2. The topological polar surface area (TPSA) is 111 Å². The summed E-state index contributed by atoms with van der Waals surface area (Å²) < 4.78 is 33.9. The van der Waals surface area contributed by atoms with Crippen LogP contribution in [0, 0.1) is 0 Å². The Labute approximate surface area is 365 Å². The number of phosphoric ester groups is 1. The largest absolute Gasteiger partial charge is 0.756 e. The highest BCUT2D eigenvalue weighted by molar-refractivity contribution is 7.45. The van der Waals surface area contributed by atoms with E-state index in [1.54, 1.807) is 0 Å². The average Bonchev–Trinajstić information content (AvgIpc) is 3.19. The second-order valence-corrected chi connectivity index (χ2v) is 19.6. The second-order valence-electron chi connectivity index (χ2n) is 18.2. The highest BCUT2D eigenvalue weighted by Gasteiger charge is 2.21. The highest BCUT2D eigenvalue weighted by Crippen LogP contribution is 2.38. The first-order chi connectivity index (χ1) is 28.5. The van der Waals surface area contributed by atoms with Gasteiger partial charge in [0.1, 0.15) is 19.8 Å². The van der Waals surface area contributed by atoms with Crippen molar-refractivity contribution in [3.63, 3.8) is 0 Å². The average molecular weight is 858 g/mol. The van der Waals surface area contributed by atoms with Gasteiger partial charge in [0.25, 0.3) is 7.82 Å². The van der Waals surface area contributed by atoms with Crippen molar-refractivity contribution in [1.82, 2.24) is 0 Å². The molecule has 0 aromatic carbocycles. The number of rotatable bonds is 46. The molecule has 2 atom stereocenters. The quantitative estimate of drug-likeness (QED) is 0.0196. The van der Waals surface area contributed by atoms with E-state index in [2.05, 4.69) is 26.0 Å². The summed E-state index contributed by atoms with van der Waals surface area (Å²) in [6, 6.07) is 0. The smallest absolute Gasteiger partial charge is 0.306 e. The number of phosphoric acid groups is 1. The third-order valence-corrected chi connectivity index (χ3v) is 12.0. The van der Waals surface area contributed by atoms with Crippen molar-refractivity contribution in [1.29, 1.82) is 0 Å². The van der Waals surface area contributed by atoms with Gasteiger partial charge in [-0.3, -0.25) is 14.2 Å². The predicted molar refractivity (Wildman–Crippen MR) is 245 cm³/mol. The summed E-state index contributed by atoms with van der Waals surface area (Å²) in [7, 11) is 1.17. The van der Waals surface area contributed by atoms with Gasteiger partial charge in [0, 0.05) is 12.8 Å². The summed E-state index contributed by atoms with van der Waals surface area (Å²) in [5.41, 5.74) is 0. The van der Waals surface area contributed by atoms with Crippen LogP contribution in [0.25, 0.3) is 0 Å². The first-order valence-corrected chi connectivity index (χ1v) is 26.4. The Morgan fingerprint density at radius 2 is 0.898 bits per heavy atom. The molecule has 0 aliphatic rings. The monoisotopic (exact) mass is 858 g/mol. The molecule has 0 bridgehead atoms. The Hall–Kier alpha value is -1.25. The van der Waals surface area contributed by atoms with E-state index in [-0.39, 0.29) is 32.0 Å². The number of hydrogen-bond donors (Lipinski definition) is 0. The fraction of sp³-hybridized carbons (Fsp3) is 0.918. The maximum absolute atomic E-state index is 12.6. The minimum absolute atomic E-state index is 0.0294. The van der Waals surface area contributed by atoms with Crippen LogP contribution in [0.1, 0.15) is 239 Å². The van der Waals surface area contributed by atoms with E-state index >= 15 is 0 Å². The van der Waals surface area contributed by atoms with E-state index in [9.17, 15) is 19.0 Å². The van der Waals surface area contributed by atoms with Crippen molar-refractivity contribution in [3.05, 3.63) is 12.2 Å². The van der Waals surface area contributed by atoms with Crippen LogP contribution in [-0.2, 0) is 32.7 Å². The van der Waals surface area contributed by atoms with Gasteiger partial charge < -0.3 is 27.9 Å². The zero-order valence-corrected chi connectivity index (χ0v) is 40.4. The van der Waals surface area contributed by atoms with Crippen LogP contribution in [-0.4, -0.2) is 70.0 Å². The number of likely N-dealkylation sites (N-methyl/N-ethyl adjacent to an activating group) is 1. The van der Waals surface area contributed by atoms with Gasteiger partial charge in [0.05, 0.1) is 27.7 Å². The summed E-state index contributed by atoms with van der Waals surface area (Å²) in [5.74, 6) is -0.835. The van der Waals surface area contributed by atoms with Crippen LogP contribution in [0.2, 0.25) is 0 Å². The standard InChI is InChI=1S/C49H96NO8P/c1-6-8-10-12-14-16-18-19-20-21-22-23-24-25-26-27-28-29-30-31-32-34-35-37-39-41-48(51)55-45-47(46-57-59(53,54)56-44-43-50(3,4)5)58-49(52)42-40-38-36-33-17-15-13-11-9-7-2/h11,13,47H,6-10,12,14-46H2,1-5H3/b13-11-. The molecule has 0 radical (unpaired) electrons. The van der Waals surface area contributed by atoms with E-state index in [1.165, 1.54) is 148 Å². The van der Waals surface area contributed by atoms with Crippen molar-refractivity contribution < 1.29 is 42.1 Å². The third-order valence-electron chi connectivity index (χ3n) is 11.0. The second kappa shape index (κ2) is 42.1. The Morgan fingerprint density at radius 3 is 1.32 bits per heavy atom. The van der Waals surface area contributed by atoms with Crippen molar-refractivity contribution >= 4 is 19.8 Å². The molecule has 0 N–H and O–H groups in total. The zero-order valence-electron chi connectivity index (χ0n) is 39.5. The molecule has 0 fully saturated rings. The lowest BCUT2D eigenvalue weighted by molar-refractivity contribution is -0.870. The first-order valence-electron chi connectivity index (χ1n) is 24.9. The highest BCUT2D eigenvalue weighted by atomic mass is 31.2. The van der Waals surface area contributed by atoms with Gasteiger partial charge >= 0.3 is 11.9 Å². The van der Waals surface area contributed by atoms with Crippen LogP contribution in [0.15, 0.2) is 12.2 Å². The zero-order chi connectivity index (χ0) is 43.6. The molecule has 59 heavy (non-hydrogen) atoms. The number of allylic oxidation sites excluding steroid dienone is 2. The molecule has 0 aliphatic carbocycles. The molecule has 0 aliphatic heterocycles. The van der Waals surface area contributed by atoms with Gasteiger partial charge in [0.2, 0.25) is 0 Å². The molecule has 0 saturated carbocycles. The van der Waals surface area contributed by atoms with E-state index in [0.29, 0.717) is 17.4 Å². The summed E-state index contributed by atoms with van der Waals surface area (Å²) >= 11 is 0. The van der Waals surface area contributed by atoms with Crippen molar-refractivity contribution in [2.45, 2.75) is 245 Å². The molecule has 0 spiro atoms. The van der Waals surface area contributed by atoms with Gasteiger partial charge in [-0.2, -0.15) is 0 Å². The molecular formula is C49H96NO8P. The van der Waals surface area contributed by atoms with Crippen LogP contribution in [0.4, 0.5) is 0 Å². The molecule has 9 nitrogen and oxygen atoms in total. The van der Waals surface area contributed by atoms with E-state index in [4.69, 9.17) is 18.5 Å². The molecule has 0 aromatic heterocycles. The van der Waals surface area contributed by atoms with Gasteiger partial charge in [-0.25, -0.2) is 0 Å². The number of esters is 2. The van der Waals surface area contributed by atoms with Crippen LogP contribution in [0.5, 0.6) is 0 Å². The number of unbranched alkanes of at least 4 members (excludes halogenated alkanes) is 30. The molecule has 10 heteroatoms. The van der Waals surface area contributed by atoms with Gasteiger partial charge in [0.15, 0.2) is 6.10 Å². The van der Waals surface area contributed by atoms with Crippen LogP contribution < -0.4 is 4.89 Å². The van der Waals surface area contributed by atoms with Crippen molar-refractivity contribution in [3.8, 4) is 0 Å². The molecule has 350 valence electrons. The number of quaternary nitrogens is 1. The van der Waals surface area contributed by atoms with Crippen LogP contribution >= 0.6 is 7.82 Å². The minimum atomic E-state index is -4.62. The lowest BCUT2D eigenvalue weighted by Crippen LogP contribution is -2.37. The summed E-state index contributed by atoms with van der Waals surface area (Å²) in [4.78, 5) is 37.5. The molecule has 0 aromatic rings. The number of carbonyl (C=O) groups is 2. The van der Waals surface area contributed by atoms with Crippen molar-refractivity contribution in [2.75, 3.05) is 47.5 Å². The third kappa shape index (κ3) is 46.1. The Kier molecular flexibility index (Phi) is 41.2. The van der Waals surface area contributed by atoms with Gasteiger partial charge in [-0.05, 0) is 32.1 Å². The maximum Gasteiger partial charge on any atom is 0.306 e. The van der Waals surface area contributed by atoms with E-state index in [0.717, 1.165) is 57.8 Å². The Morgan fingerprint density at radius 1 is 0.508 bits per heavy atom. The molecule has 0 heterocycles. The predicted octanol–water partition coefficient (Wildman–Crippen LogP) is 13.9. The van der Waals surface area contributed by atoms with Gasteiger partial charge in [-0.1, -0.05) is 206 Å². The fourth-order valence-corrected chi connectivity index (χ4v) is 7.86. The molecule has 0 amide bonds. The SMILES string of the molecule is CCC/C=C\CCCCCCCC(=O)OC(COC(=O)CCCCCCCCCCCCCCCCCCCCCCCCCCC)COP(=O)([O-])OCC[N+](C)(C)C. The van der Waals surface area contributed by atoms with Crippen molar-refractivity contribution in [2.24, 2.45) is 0 Å². The summed E-state index contributed by atoms with van der Waals surface area (Å²) in [6.45, 7) is 4.19. The minimum Gasteiger partial charge on any atom is -0.756 e. The summed E-state index contributed by atoms with van der Waals surface area (Å²) in [5, 5.41) is 0. The Balaban J connectivity index is 4.05. The first kappa shape index (κ1) is 57.8. The van der Waals surface area contributed by atoms with E-state index in [1.807, 2.05) is 21.1 Å². The lowest BCUT2D eigenvalue weighted by Gasteiger charge is -2.28. The number of carbonyl (C=O) groups excluding carboxylic acids is 2. The number of hydrogen-bond acceptors (Lipinski definition) is 8. The van der Waals surface area contributed by atoms with E-state index < -0.39 is 26.5 Å². The van der Waals surface area contributed by atoms with Crippen LogP contribution in [0.3, 0.4) is 0 Å². The normalized spacial score (nSPS) is 13.5. The lowest BCUT2D eigenvalue weighted by atomic mass is 10.0. The molecular weight excluding hydrogens is 762 g/mol. The van der Waals surface area contributed by atoms with Gasteiger partial charge in [-0.15, -0.1) is 0 Å². The fourth-order valence-electron chi connectivity index (χ4n) is 7.13. The summed E-state index contributed by atoms with van der Waals surface area (Å²) in [6.07, 6.45) is 45.5. The Bertz CT molecular complexity index is 1020. The molecule has 2 unspecified atom stereocenters.